The van der Waals surface area contributed by atoms with Crippen LogP contribution in [0.3, 0.4) is 0 Å². The number of benzene rings is 1. The molecule has 0 bridgehead atoms. The van der Waals surface area contributed by atoms with Crippen molar-refractivity contribution >= 4 is 17.3 Å². The van der Waals surface area contributed by atoms with Crippen molar-refractivity contribution in [1.29, 1.82) is 0 Å². The highest BCUT2D eigenvalue weighted by molar-refractivity contribution is 5.60. The lowest BCUT2D eigenvalue weighted by molar-refractivity contribution is 0.412. The first-order valence-electron chi connectivity index (χ1n) is 5.61. The van der Waals surface area contributed by atoms with Crippen LogP contribution in [0.4, 0.5) is 17.3 Å². The van der Waals surface area contributed by atoms with E-state index in [0.717, 1.165) is 17.0 Å². The van der Waals surface area contributed by atoms with Crippen LogP contribution in [-0.2, 0) is 0 Å². The molecule has 0 saturated heterocycles. The van der Waals surface area contributed by atoms with Gasteiger partial charge in [0, 0.05) is 11.8 Å². The van der Waals surface area contributed by atoms with Crippen LogP contribution < -0.4 is 15.8 Å². The number of anilines is 3. The number of rotatable bonds is 3. The summed E-state index contributed by atoms with van der Waals surface area (Å²) in [6.07, 6.45) is 0. The molecule has 2 rings (SSSR count). The minimum Gasteiger partial charge on any atom is -0.496 e. The zero-order valence-corrected chi connectivity index (χ0v) is 10.7. The Balaban J connectivity index is 2.25. The van der Waals surface area contributed by atoms with Crippen LogP contribution in [-0.4, -0.2) is 17.1 Å². The minimum absolute atomic E-state index is 0.454. The number of hydrogen-bond acceptors (Lipinski definition) is 5. The lowest BCUT2D eigenvalue weighted by Crippen LogP contribution is -2.01. The molecule has 0 aliphatic heterocycles. The minimum atomic E-state index is 0.454. The fourth-order valence-electron chi connectivity index (χ4n) is 1.76. The van der Waals surface area contributed by atoms with Crippen molar-refractivity contribution in [3.8, 4) is 5.75 Å². The van der Waals surface area contributed by atoms with Crippen LogP contribution >= 0.6 is 0 Å². The van der Waals surface area contributed by atoms with Gasteiger partial charge in [0.25, 0.3) is 0 Å². The van der Waals surface area contributed by atoms with Crippen molar-refractivity contribution in [3.63, 3.8) is 0 Å². The Bertz CT molecular complexity index is 549. The van der Waals surface area contributed by atoms with Gasteiger partial charge in [0.05, 0.1) is 7.11 Å². The van der Waals surface area contributed by atoms with E-state index in [1.54, 1.807) is 20.1 Å². The van der Waals surface area contributed by atoms with Gasteiger partial charge in [0.1, 0.15) is 23.2 Å². The molecule has 0 atom stereocenters. The zero-order valence-electron chi connectivity index (χ0n) is 10.7. The number of aromatic nitrogens is 2. The molecule has 0 spiro atoms. The summed E-state index contributed by atoms with van der Waals surface area (Å²) in [5.74, 6) is 2.64. The molecule has 18 heavy (non-hydrogen) atoms. The summed E-state index contributed by atoms with van der Waals surface area (Å²) in [6.45, 7) is 3.80. The number of nitrogens with zero attached hydrogens (tertiary/aromatic N) is 2. The molecule has 1 aromatic heterocycles. The summed E-state index contributed by atoms with van der Waals surface area (Å²) in [5.41, 5.74) is 7.67. The van der Waals surface area contributed by atoms with Crippen molar-refractivity contribution < 1.29 is 4.74 Å². The normalized spacial score (nSPS) is 10.2. The van der Waals surface area contributed by atoms with Gasteiger partial charge < -0.3 is 15.8 Å². The first kappa shape index (κ1) is 12.2. The van der Waals surface area contributed by atoms with Gasteiger partial charge in [-0.1, -0.05) is 0 Å². The third kappa shape index (κ3) is 2.68. The van der Waals surface area contributed by atoms with Crippen molar-refractivity contribution in [2.45, 2.75) is 13.8 Å². The summed E-state index contributed by atoms with van der Waals surface area (Å²) in [4.78, 5) is 8.30. The Morgan fingerprint density at radius 2 is 1.94 bits per heavy atom. The second-order valence-corrected chi connectivity index (χ2v) is 4.03. The molecule has 5 heteroatoms. The Labute approximate surface area is 106 Å². The van der Waals surface area contributed by atoms with Gasteiger partial charge >= 0.3 is 0 Å². The maximum atomic E-state index is 5.68. The zero-order chi connectivity index (χ0) is 13.1. The lowest BCUT2D eigenvalue weighted by Gasteiger charge is -2.10. The number of nitrogens with one attached hydrogen (secondary N) is 1. The Morgan fingerprint density at radius 3 is 2.56 bits per heavy atom. The maximum absolute atomic E-state index is 5.68. The third-order valence-electron chi connectivity index (χ3n) is 2.53. The highest BCUT2D eigenvalue weighted by Gasteiger charge is 2.03. The van der Waals surface area contributed by atoms with E-state index in [1.165, 1.54) is 0 Å². The highest BCUT2D eigenvalue weighted by Crippen LogP contribution is 2.23. The maximum Gasteiger partial charge on any atom is 0.136 e. The molecule has 2 aromatic rings. The molecule has 1 aromatic carbocycles. The molecule has 0 radical (unpaired) electrons. The standard InChI is InChI=1S/C13H16N4O/c1-8-6-10(4-5-11(8)18-3)17-13-7-12(14)15-9(2)16-13/h4-7H,1-3H3,(H3,14,15,16,17). The van der Waals surface area contributed by atoms with Crippen LogP contribution in [0.5, 0.6) is 5.75 Å². The Hall–Kier alpha value is -2.30. The van der Waals surface area contributed by atoms with E-state index in [4.69, 9.17) is 10.5 Å². The molecule has 1 heterocycles. The van der Waals surface area contributed by atoms with Crippen LogP contribution in [0.15, 0.2) is 24.3 Å². The quantitative estimate of drug-likeness (QED) is 0.867. The van der Waals surface area contributed by atoms with Crippen LogP contribution in [0.25, 0.3) is 0 Å². The molecule has 0 saturated carbocycles. The van der Waals surface area contributed by atoms with Crippen molar-refractivity contribution in [1.82, 2.24) is 9.97 Å². The van der Waals surface area contributed by atoms with Crippen LogP contribution in [0.1, 0.15) is 11.4 Å². The fraction of sp³-hybridized carbons (Fsp3) is 0.231. The molecule has 0 aliphatic carbocycles. The fourth-order valence-corrected chi connectivity index (χ4v) is 1.76. The van der Waals surface area contributed by atoms with Crippen molar-refractivity contribution in [3.05, 3.63) is 35.7 Å². The van der Waals surface area contributed by atoms with Gasteiger partial charge in [0.15, 0.2) is 0 Å². The van der Waals surface area contributed by atoms with Gasteiger partial charge in [-0.05, 0) is 37.6 Å². The average Bonchev–Trinajstić information content (AvgIpc) is 2.27. The van der Waals surface area contributed by atoms with Crippen LogP contribution in [0.2, 0.25) is 0 Å². The molecule has 0 unspecified atom stereocenters. The second kappa shape index (κ2) is 4.91. The largest absolute Gasteiger partial charge is 0.496 e. The predicted molar refractivity (Wildman–Crippen MR) is 72.2 cm³/mol. The van der Waals surface area contributed by atoms with Gasteiger partial charge in [-0.15, -0.1) is 0 Å². The monoisotopic (exact) mass is 244 g/mol. The van der Waals surface area contributed by atoms with E-state index in [1.807, 2.05) is 25.1 Å². The number of aryl methyl sites for hydroxylation is 2. The lowest BCUT2D eigenvalue weighted by atomic mass is 10.2. The highest BCUT2D eigenvalue weighted by atomic mass is 16.5. The van der Waals surface area contributed by atoms with E-state index in [9.17, 15) is 0 Å². The Morgan fingerprint density at radius 1 is 1.17 bits per heavy atom. The molecular weight excluding hydrogens is 228 g/mol. The predicted octanol–water partition coefficient (Wildman–Crippen LogP) is 2.43. The average molecular weight is 244 g/mol. The van der Waals surface area contributed by atoms with E-state index in [2.05, 4.69) is 15.3 Å². The summed E-state index contributed by atoms with van der Waals surface area (Å²) < 4.78 is 5.21. The number of hydrogen-bond donors (Lipinski definition) is 2. The third-order valence-corrected chi connectivity index (χ3v) is 2.53. The van der Waals surface area contributed by atoms with E-state index in [0.29, 0.717) is 17.5 Å². The number of methoxy groups -OCH3 is 1. The van der Waals surface area contributed by atoms with Gasteiger partial charge in [-0.25, -0.2) is 9.97 Å². The van der Waals surface area contributed by atoms with E-state index < -0.39 is 0 Å². The molecular formula is C13H16N4O. The van der Waals surface area contributed by atoms with E-state index in [-0.39, 0.29) is 0 Å². The molecule has 0 aliphatic rings. The molecule has 0 fully saturated rings. The van der Waals surface area contributed by atoms with E-state index >= 15 is 0 Å². The number of ether oxygens (including phenoxy) is 1. The van der Waals surface area contributed by atoms with Crippen LogP contribution in [0, 0.1) is 13.8 Å². The summed E-state index contributed by atoms with van der Waals surface area (Å²) in [5, 5.41) is 3.19. The first-order chi connectivity index (χ1) is 8.58. The molecule has 3 N–H and O–H groups in total. The van der Waals surface area contributed by atoms with Gasteiger partial charge in [0.2, 0.25) is 0 Å². The molecule has 0 amide bonds. The molecule has 94 valence electrons. The van der Waals surface area contributed by atoms with Gasteiger partial charge in [-0.3, -0.25) is 0 Å². The van der Waals surface area contributed by atoms with Gasteiger partial charge in [-0.2, -0.15) is 0 Å². The Kier molecular flexibility index (Phi) is 3.32. The molecule has 5 nitrogen and oxygen atoms in total. The topological polar surface area (TPSA) is 73.1 Å². The smallest absolute Gasteiger partial charge is 0.136 e. The number of nitrogens with two attached hydrogens (primary N) is 1. The second-order valence-electron chi connectivity index (χ2n) is 4.03. The van der Waals surface area contributed by atoms with Crippen molar-refractivity contribution in [2.75, 3.05) is 18.2 Å². The summed E-state index contributed by atoms with van der Waals surface area (Å²) >= 11 is 0. The first-order valence-corrected chi connectivity index (χ1v) is 5.61. The summed E-state index contributed by atoms with van der Waals surface area (Å²) in [6, 6.07) is 7.54. The summed E-state index contributed by atoms with van der Waals surface area (Å²) in [7, 11) is 1.66. The van der Waals surface area contributed by atoms with Crippen molar-refractivity contribution in [2.24, 2.45) is 0 Å². The number of nitrogen functional groups attached to an aromatic ring is 1. The SMILES string of the molecule is COc1ccc(Nc2cc(N)nc(C)n2)cc1C.